The smallest absolute Gasteiger partial charge is 0.320 e. The number of carboxylic acids is 1. The van der Waals surface area contributed by atoms with Crippen LogP contribution >= 0.6 is 11.6 Å². The third kappa shape index (κ3) is 3.84. The van der Waals surface area contributed by atoms with Crippen LogP contribution in [0.2, 0.25) is 5.02 Å². The summed E-state index contributed by atoms with van der Waals surface area (Å²) in [5.41, 5.74) is 1.58. The van der Waals surface area contributed by atoms with Gasteiger partial charge in [-0.3, -0.25) is 9.69 Å². The summed E-state index contributed by atoms with van der Waals surface area (Å²) in [4.78, 5) is 13.8. The summed E-state index contributed by atoms with van der Waals surface area (Å²) in [6.45, 7) is 0.634. The van der Waals surface area contributed by atoms with Crippen molar-refractivity contribution < 1.29 is 19.0 Å². The van der Waals surface area contributed by atoms with Crippen LogP contribution in [0.4, 0.5) is 4.39 Å². The monoisotopic (exact) mass is 377 g/mol. The maximum absolute atomic E-state index is 13.5. The first-order chi connectivity index (χ1) is 12.5. The lowest BCUT2D eigenvalue weighted by Crippen LogP contribution is -2.46. The maximum atomic E-state index is 13.5. The van der Waals surface area contributed by atoms with E-state index in [2.05, 4.69) is 0 Å². The third-order valence-electron chi connectivity index (χ3n) is 4.83. The van der Waals surface area contributed by atoms with Crippen molar-refractivity contribution >= 4 is 17.6 Å². The zero-order valence-electron chi connectivity index (χ0n) is 14.5. The number of methoxy groups -OCH3 is 1. The van der Waals surface area contributed by atoms with Gasteiger partial charge in [0.15, 0.2) is 0 Å². The molecule has 2 atom stereocenters. The molecule has 4 nitrogen and oxygen atoms in total. The molecule has 2 aromatic rings. The van der Waals surface area contributed by atoms with Crippen LogP contribution in [0.1, 0.15) is 36.4 Å². The first-order valence-electron chi connectivity index (χ1n) is 8.58. The van der Waals surface area contributed by atoms with E-state index in [4.69, 9.17) is 16.3 Å². The molecule has 1 aliphatic heterocycles. The average molecular weight is 378 g/mol. The summed E-state index contributed by atoms with van der Waals surface area (Å²) in [6, 6.07) is 10.5. The molecule has 3 rings (SSSR count). The zero-order chi connectivity index (χ0) is 18.7. The van der Waals surface area contributed by atoms with Gasteiger partial charge >= 0.3 is 5.97 Å². The van der Waals surface area contributed by atoms with Gasteiger partial charge in [-0.25, -0.2) is 4.39 Å². The number of nitrogens with zero attached hydrogens (tertiary/aromatic N) is 1. The Hall–Kier alpha value is -2.11. The predicted molar refractivity (Wildman–Crippen MR) is 98.2 cm³/mol. The largest absolute Gasteiger partial charge is 0.496 e. The van der Waals surface area contributed by atoms with Crippen molar-refractivity contribution in [2.24, 2.45) is 0 Å². The van der Waals surface area contributed by atoms with Crippen molar-refractivity contribution in [1.29, 1.82) is 0 Å². The Labute approximate surface area is 157 Å². The number of likely N-dealkylation sites (tertiary alicyclic amines) is 1. The molecule has 26 heavy (non-hydrogen) atoms. The molecule has 0 aromatic heterocycles. The van der Waals surface area contributed by atoms with Crippen LogP contribution in [0.3, 0.4) is 0 Å². The van der Waals surface area contributed by atoms with Gasteiger partial charge in [0.25, 0.3) is 0 Å². The Morgan fingerprint density at radius 3 is 2.65 bits per heavy atom. The lowest BCUT2D eigenvalue weighted by atomic mass is 9.91. The molecule has 0 radical (unpaired) electrons. The van der Waals surface area contributed by atoms with E-state index < -0.39 is 12.0 Å². The van der Waals surface area contributed by atoms with Gasteiger partial charge in [-0.2, -0.15) is 0 Å². The average Bonchev–Trinajstić information content (AvgIpc) is 2.64. The molecule has 1 aliphatic rings. The lowest BCUT2D eigenvalue weighted by Gasteiger charge is -2.40. The van der Waals surface area contributed by atoms with E-state index in [-0.39, 0.29) is 11.9 Å². The van der Waals surface area contributed by atoms with Crippen molar-refractivity contribution in [2.45, 2.75) is 31.3 Å². The van der Waals surface area contributed by atoms with Gasteiger partial charge in [0.05, 0.1) is 13.2 Å². The second kappa shape index (κ2) is 8.06. The van der Waals surface area contributed by atoms with E-state index in [1.54, 1.807) is 37.4 Å². The molecule has 1 saturated heterocycles. The van der Waals surface area contributed by atoms with E-state index in [1.165, 1.54) is 12.1 Å². The van der Waals surface area contributed by atoms with E-state index in [0.29, 0.717) is 23.7 Å². The van der Waals surface area contributed by atoms with Gasteiger partial charge in [0, 0.05) is 10.6 Å². The Balaban J connectivity index is 2.15. The highest BCUT2D eigenvalue weighted by molar-refractivity contribution is 6.30. The molecule has 2 aromatic carbocycles. The Morgan fingerprint density at radius 1 is 1.27 bits per heavy atom. The molecule has 0 saturated carbocycles. The molecule has 0 aliphatic carbocycles. The molecule has 138 valence electrons. The summed E-state index contributed by atoms with van der Waals surface area (Å²) in [6.07, 6.45) is 2.36. The van der Waals surface area contributed by atoms with Crippen molar-refractivity contribution in [3.8, 4) is 5.75 Å². The third-order valence-corrected chi connectivity index (χ3v) is 5.07. The molecule has 1 heterocycles. The summed E-state index contributed by atoms with van der Waals surface area (Å²) >= 11 is 6.22. The van der Waals surface area contributed by atoms with E-state index >= 15 is 0 Å². The van der Waals surface area contributed by atoms with E-state index in [0.717, 1.165) is 24.0 Å². The fourth-order valence-electron chi connectivity index (χ4n) is 3.64. The molecular weight excluding hydrogens is 357 g/mol. The van der Waals surface area contributed by atoms with Crippen molar-refractivity contribution in [3.63, 3.8) is 0 Å². The highest BCUT2D eigenvalue weighted by atomic mass is 35.5. The highest BCUT2D eigenvalue weighted by Gasteiger charge is 2.36. The minimum atomic E-state index is -0.849. The lowest BCUT2D eigenvalue weighted by molar-refractivity contribution is -0.145. The SMILES string of the molecule is COc1ccc(Cl)cc1C(c1ccc(F)cc1)N1CCCCC1C(=O)O. The number of carboxylic acid groups (broad SMARTS) is 1. The Bertz CT molecular complexity index is 781. The Kier molecular flexibility index (Phi) is 5.79. The zero-order valence-corrected chi connectivity index (χ0v) is 15.2. The van der Waals surface area contributed by atoms with Crippen LogP contribution in [-0.4, -0.2) is 35.7 Å². The minimum absolute atomic E-state index is 0.334. The van der Waals surface area contributed by atoms with Crippen LogP contribution in [-0.2, 0) is 4.79 Å². The Morgan fingerprint density at radius 2 is 2.00 bits per heavy atom. The minimum Gasteiger partial charge on any atom is -0.496 e. The number of benzene rings is 2. The second-order valence-electron chi connectivity index (χ2n) is 6.43. The first kappa shape index (κ1) is 18.7. The van der Waals surface area contributed by atoms with Crippen LogP contribution < -0.4 is 4.74 Å². The van der Waals surface area contributed by atoms with Gasteiger partial charge in [-0.15, -0.1) is 0 Å². The molecular formula is C20H21ClFNO3. The van der Waals surface area contributed by atoms with Gasteiger partial charge in [0.1, 0.15) is 17.6 Å². The first-order valence-corrected chi connectivity index (χ1v) is 8.96. The molecule has 0 bridgehead atoms. The van der Waals surface area contributed by atoms with Crippen molar-refractivity contribution in [2.75, 3.05) is 13.7 Å². The van der Waals surface area contributed by atoms with Crippen molar-refractivity contribution in [3.05, 3.63) is 64.4 Å². The van der Waals surface area contributed by atoms with Gasteiger partial charge in [0.2, 0.25) is 0 Å². The number of aliphatic carboxylic acids is 1. The molecule has 1 fully saturated rings. The number of ether oxygens (including phenoxy) is 1. The summed E-state index contributed by atoms with van der Waals surface area (Å²) < 4.78 is 19.0. The molecule has 1 N–H and O–H groups in total. The van der Waals surface area contributed by atoms with E-state index in [1.807, 2.05) is 4.90 Å². The molecule has 0 spiro atoms. The van der Waals surface area contributed by atoms with Crippen LogP contribution in [0, 0.1) is 5.82 Å². The number of hydrogen-bond acceptors (Lipinski definition) is 3. The topological polar surface area (TPSA) is 49.8 Å². The van der Waals surface area contributed by atoms with E-state index in [9.17, 15) is 14.3 Å². The molecule has 6 heteroatoms. The summed E-state index contributed by atoms with van der Waals surface area (Å²) in [5, 5.41) is 10.3. The highest BCUT2D eigenvalue weighted by Crippen LogP contribution is 2.39. The number of piperidine rings is 1. The van der Waals surface area contributed by atoms with Crippen LogP contribution in [0.5, 0.6) is 5.75 Å². The predicted octanol–water partition coefficient (Wildman–Crippen LogP) is 4.52. The quantitative estimate of drug-likeness (QED) is 0.832. The van der Waals surface area contributed by atoms with Crippen LogP contribution in [0.25, 0.3) is 0 Å². The normalized spacial score (nSPS) is 19.1. The van der Waals surface area contributed by atoms with Gasteiger partial charge < -0.3 is 9.84 Å². The van der Waals surface area contributed by atoms with Gasteiger partial charge in [-0.1, -0.05) is 30.2 Å². The molecule has 0 amide bonds. The maximum Gasteiger partial charge on any atom is 0.320 e. The number of halogens is 2. The van der Waals surface area contributed by atoms with Crippen LogP contribution in [0.15, 0.2) is 42.5 Å². The number of hydrogen-bond donors (Lipinski definition) is 1. The molecule has 2 unspecified atom stereocenters. The second-order valence-corrected chi connectivity index (χ2v) is 6.86. The number of carbonyl (C=O) groups is 1. The fourth-order valence-corrected chi connectivity index (χ4v) is 3.82. The number of rotatable bonds is 5. The standard InChI is InChI=1S/C20H21ClFNO3/c1-26-18-10-7-14(21)12-16(18)19(13-5-8-15(22)9-6-13)23-11-3-2-4-17(23)20(24)25/h5-10,12,17,19H,2-4,11H2,1H3,(H,24,25). The summed E-state index contributed by atoms with van der Waals surface area (Å²) in [5.74, 6) is -0.560. The van der Waals surface area contributed by atoms with Gasteiger partial charge in [-0.05, 0) is 55.3 Å². The summed E-state index contributed by atoms with van der Waals surface area (Å²) in [7, 11) is 1.57. The fraction of sp³-hybridized carbons (Fsp3) is 0.350. The van der Waals surface area contributed by atoms with Crippen molar-refractivity contribution in [1.82, 2.24) is 4.90 Å².